The maximum Gasteiger partial charge on any atom is 0.416 e. The van der Waals surface area contributed by atoms with Gasteiger partial charge >= 0.3 is 12.2 Å². The summed E-state index contributed by atoms with van der Waals surface area (Å²) in [7, 11) is 0. The molecule has 3 heterocycles. The molecule has 0 radical (unpaired) electrons. The maximum absolute atomic E-state index is 14.2. The number of nitrogens with one attached hydrogen (secondary N) is 1. The molecule has 0 saturated carbocycles. The van der Waals surface area contributed by atoms with Crippen molar-refractivity contribution in [1.82, 2.24) is 20.0 Å². The van der Waals surface area contributed by atoms with E-state index in [1.54, 1.807) is 4.90 Å². The van der Waals surface area contributed by atoms with Gasteiger partial charge in [-0.15, -0.1) is 6.58 Å². The highest BCUT2D eigenvalue weighted by molar-refractivity contribution is 6.03. The van der Waals surface area contributed by atoms with E-state index in [2.05, 4.69) is 11.9 Å². The molecule has 2 aromatic rings. The second-order valence-corrected chi connectivity index (χ2v) is 10.3. The van der Waals surface area contributed by atoms with Crippen molar-refractivity contribution in [3.63, 3.8) is 0 Å². The van der Waals surface area contributed by atoms with E-state index < -0.39 is 35.8 Å². The molecular formula is C30H31F3N4O3. The number of urea groups is 1. The molecule has 1 N–H and O–H groups in total. The Morgan fingerprint density at radius 3 is 2.38 bits per heavy atom. The first-order valence-electron chi connectivity index (χ1n) is 13.4. The molecule has 210 valence electrons. The van der Waals surface area contributed by atoms with Gasteiger partial charge in [0.15, 0.2) is 0 Å². The van der Waals surface area contributed by atoms with Gasteiger partial charge in [-0.05, 0) is 36.5 Å². The van der Waals surface area contributed by atoms with Gasteiger partial charge < -0.3 is 15.1 Å². The van der Waals surface area contributed by atoms with E-state index in [9.17, 15) is 27.6 Å². The number of amides is 4. The third kappa shape index (κ3) is 5.22. The first kappa shape index (κ1) is 27.5. The van der Waals surface area contributed by atoms with E-state index >= 15 is 0 Å². The molecule has 2 atom stereocenters. The van der Waals surface area contributed by atoms with Crippen molar-refractivity contribution in [2.24, 2.45) is 0 Å². The van der Waals surface area contributed by atoms with Crippen molar-refractivity contribution in [2.75, 3.05) is 26.2 Å². The summed E-state index contributed by atoms with van der Waals surface area (Å²) < 4.78 is 42.0. The highest BCUT2D eigenvalue weighted by atomic mass is 19.4. The first-order valence-corrected chi connectivity index (χ1v) is 13.4. The number of likely N-dealkylation sites (tertiary alicyclic amines) is 1. The summed E-state index contributed by atoms with van der Waals surface area (Å²) in [5.41, 5.74) is 0.0431. The van der Waals surface area contributed by atoms with Crippen LogP contribution in [0.5, 0.6) is 0 Å². The lowest BCUT2D eigenvalue weighted by Gasteiger charge is -2.35. The van der Waals surface area contributed by atoms with Gasteiger partial charge in [0.05, 0.1) is 29.4 Å². The number of carbonyl (C=O) groups excluding carboxylic acids is 3. The zero-order valence-corrected chi connectivity index (χ0v) is 22.0. The van der Waals surface area contributed by atoms with Crippen molar-refractivity contribution < 1.29 is 27.6 Å². The predicted octanol–water partition coefficient (Wildman–Crippen LogP) is 4.68. The molecule has 4 amide bonds. The van der Waals surface area contributed by atoms with E-state index in [4.69, 9.17) is 0 Å². The molecule has 2 aromatic carbocycles. The predicted molar refractivity (Wildman–Crippen MR) is 143 cm³/mol. The summed E-state index contributed by atoms with van der Waals surface area (Å²) in [6.45, 7) is 4.85. The van der Waals surface area contributed by atoms with Gasteiger partial charge in [0.25, 0.3) is 5.91 Å². The molecule has 0 aromatic heterocycles. The molecule has 0 unspecified atom stereocenters. The number of benzene rings is 2. The van der Waals surface area contributed by atoms with Crippen LogP contribution in [0.2, 0.25) is 0 Å². The zero-order chi connectivity index (χ0) is 28.4. The molecule has 40 heavy (non-hydrogen) atoms. The second-order valence-electron chi connectivity index (χ2n) is 10.3. The number of alkyl halides is 3. The number of hydrogen-bond acceptors (Lipinski definition) is 3. The maximum atomic E-state index is 14.2. The smallest absolute Gasteiger partial charge is 0.341 e. The standard InChI is InChI=1S/C30H31F3N4O3/c1-2-15-36-24-19-37(23(18-20-11-5-3-6-12-20)27(38)35-16-9-4-10-17-35)28(39)25(24)26(34-29(36)40)21-13-7-8-14-22(21)30(31,32)33/h2-3,5-8,11-14,23,26H,1,4,9-10,15-19H2,(H,34,40)/t23-,26-/m1/s1. The fraction of sp³-hybridized carbons (Fsp3) is 0.367. The van der Waals surface area contributed by atoms with Gasteiger partial charge in [-0.25, -0.2) is 4.79 Å². The van der Waals surface area contributed by atoms with Gasteiger partial charge in [-0.2, -0.15) is 13.2 Å². The lowest BCUT2D eigenvalue weighted by Crippen LogP contribution is -2.52. The van der Waals surface area contributed by atoms with E-state index in [0.717, 1.165) is 30.9 Å². The fourth-order valence-corrected chi connectivity index (χ4v) is 5.82. The molecule has 0 bridgehead atoms. The monoisotopic (exact) mass is 552 g/mol. The molecule has 5 rings (SSSR count). The Labute approximate surface area is 230 Å². The average Bonchev–Trinajstić information content (AvgIpc) is 3.30. The Morgan fingerprint density at radius 1 is 1.02 bits per heavy atom. The molecule has 3 aliphatic rings. The number of halogens is 3. The summed E-state index contributed by atoms with van der Waals surface area (Å²) >= 11 is 0. The van der Waals surface area contributed by atoms with Crippen LogP contribution in [-0.2, 0) is 22.2 Å². The van der Waals surface area contributed by atoms with Crippen molar-refractivity contribution in [3.05, 3.63) is 95.2 Å². The minimum Gasteiger partial charge on any atom is -0.341 e. The fourth-order valence-electron chi connectivity index (χ4n) is 5.82. The normalized spacial score (nSPS) is 20.4. The molecule has 1 saturated heterocycles. The molecule has 0 spiro atoms. The Hall–Kier alpha value is -4.08. The van der Waals surface area contributed by atoms with Crippen LogP contribution in [0.3, 0.4) is 0 Å². The van der Waals surface area contributed by atoms with Crippen LogP contribution >= 0.6 is 0 Å². The SMILES string of the molecule is C=CCN1C(=O)N[C@H](c2ccccc2C(F)(F)F)C2=C1CN([C@H](Cc1ccccc1)C(=O)N1CCCCC1)C2=O. The molecule has 7 nitrogen and oxygen atoms in total. The number of nitrogens with zero attached hydrogens (tertiary/aromatic N) is 3. The molecule has 10 heteroatoms. The van der Waals surface area contributed by atoms with Gasteiger partial charge in [-0.1, -0.05) is 54.6 Å². The highest BCUT2D eigenvalue weighted by Gasteiger charge is 2.49. The van der Waals surface area contributed by atoms with E-state index in [1.165, 1.54) is 34.1 Å². The quantitative estimate of drug-likeness (QED) is 0.508. The molecule has 3 aliphatic heterocycles. The Kier molecular flexibility index (Phi) is 7.69. The van der Waals surface area contributed by atoms with Crippen LogP contribution in [0.1, 0.15) is 42.0 Å². The summed E-state index contributed by atoms with van der Waals surface area (Å²) in [5, 5.41) is 2.62. The highest BCUT2D eigenvalue weighted by Crippen LogP contribution is 2.42. The largest absolute Gasteiger partial charge is 0.416 e. The van der Waals surface area contributed by atoms with Crippen molar-refractivity contribution in [2.45, 2.75) is 43.9 Å². The van der Waals surface area contributed by atoms with Crippen molar-refractivity contribution >= 4 is 17.8 Å². The van der Waals surface area contributed by atoms with Gasteiger partial charge in [0.1, 0.15) is 6.04 Å². The topological polar surface area (TPSA) is 73.0 Å². The van der Waals surface area contributed by atoms with E-state index in [-0.39, 0.29) is 36.6 Å². The third-order valence-electron chi connectivity index (χ3n) is 7.74. The Balaban J connectivity index is 1.57. The molecular weight excluding hydrogens is 521 g/mol. The first-order chi connectivity index (χ1) is 19.2. The Morgan fingerprint density at radius 2 is 1.70 bits per heavy atom. The van der Waals surface area contributed by atoms with Crippen LogP contribution < -0.4 is 5.32 Å². The van der Waals surface area contributed by atoms with Crippen LogP contribution in [0.4, 0.5) is 18.0 Å². The van der Waals surface area contributed by atoms with Gasteiger partial charge in [-0.3, -0.25) is 14.5 Å². The minimum absolute atomic E-state index is 0.0441. The van der Waals surface area contributed by atoms with Crippen LogP contribution in [0.15, 0.2) is 78.5 Å². The molecule has 1 fully saturated rings. The number of carbonyl (C=O) groups is 3. The summed E-state index contributed by atoms with van der Waals surface area (Å²) in [6.07, 6.45) is -0.197. The minimum atomic E-state index is -4.69. The number of piperidine rings is 1. The zero-order valence-electron chi connectivity index (χ0n) is 22.0. The lowest BCUT2D eigenvalue weighted by molar-refractivity contribution is -0.143. The second kappa shape index (κ2) is 11.2. The van der Waals surface area contributed by atoms with Crippen LogP contribution in [0, 0.1) is 0 Å². The summed E-state index contributed by atoms with van der Waals surface area (Å²) in [5.74, 6) is -0.754. The van der Waals surface area contributed by atoms with E-state index in [0.29, 0.717) is 18.8 Å². The van der Waals surface area contributed by atoms with Gasteiger partial charge in [0, 0.05) is 26.1 Å². The van der Waals surface area contributed by atoms with Crippen LogP contribution in [0.25, 0.3) is 0 Å². The summed E-state index contributed by atoms with van der Waals surface area (Å²) in [6, 6.07) is 11.4. The lowest BCUT2D eigenvalue weighted by atomic mass is 9.91. The van der Waals surface area contributed by atoms with E-state index in [1.807, 2.05) is 30.3 Å². The molecule has 0 aliphatic carbocycles. The number of hydrogen-bond donors (Lipinski definition) is 1. The average molecular weight is 553 g/mol. The van der Waals surface area contributed by atoms with Gasteiger partial charge in [0.2, 0.25) is 5.91 Å². The summed E-state index contributed by atoms with van der Waals surface area (Å²) in [4.78, 5) is 45.8. The number of rotatable bonds is 7. The van der Waals surface area contributed by atoms with Crippen molar-refractivity contribution in [3.8, 4) is 0 Å². The Bertz CT molecular complexity index is 1340. The van der Waals surface area contributed by atoms with Crippen molar-refractivity contribution in [1.29, 1.82) is 0 Å². The third-order valence-corrected chi connectivity index (χ3v) is 7.74. The van der Waals surface area contributed by atoms with Crippen LogP contribution in [-0.4, -0.2) is 64.8 Å².